The lowest BCUT2D eigenvalue weighted by Gasteiger charge is -2.17. The van der Waals surface area contributed by atoms with Gasteiger partial charge in [-0.25, -0.2) is 0 Å². The van der Waals surface area contributed by atoms with Gasteiger partial charge in [-0.3, -0.25) is 4.68 Å². The molecule has 0 saturated heterocycles. The number of aromatic nitrogens is 2. The Kier molecular flexibility index (Phi) is 2.96. The van der Waals surface area contributed by atoms with Crippen LogP contribution in [-0.4, -0.2) is 9.78 Å². The van der Waals surface area contributed by atoms with E-state index in [9.17, 15) is 0 Å². The molecule has 74 valence electrons. The van der Waals surface area contributed by atoms with Gasteiger partial charge in [-0.2, -0.15) is 5.10 Å². The van der Waals surface area contributed by atoms with Gasteiger partial charge in [-0.05, 0) is 24.3 Å². The largest absolute Gasteiger partial charge is 0.382 e. The molecule has 0 amide bonds. The number of nitrogen functional groups attached to an aromatic ring is 1. The molecule has 3 heteroatoms. The Morgan fingerprint density at radius 1 is 1.46 bits per heavy atom. The average molecular weight is 181 g/mol. The molecule has 0 saturated carbocycles. The summed E-state index contributed by atoms with van der Waals surface area (Å²) < 4.78 is 1.90. The number of hydrogen-bond donors (Lipinski definition) is 1. The molecule has 0 aliphatic rings. The van der Waals surface area contributed by atoms with E-state index < -0.39 is 0 Å². The van der Waals surface area contributed by atoms with Crippen molar-refractivity contribution in [3.05, 3.63) is 12.3 Å². The zero-order valence-electron chi connectivity index (χ0n) is 8.75. The number of rotatable bonds is 3. The van der Waals surface area contributed by atoms with Crippen LogP contribution < -0.4 is 5.73 Å². The van der Waals surface area contributed by atoms with Crippen molar-refractivity contribution >= 4 is 5.82 Å². The molecule has 1 rings (SSSR count). The second kappa shape index (κ2) is 3.81. The second-order valence-corrected chi connectivity index (χ2v) is 4.67. The van der Waals surface area contributed by atoms with E-state index in [2.05, 4.69) is 25.9 Å². The van der Waals surface area contributed by atoms with E-state index in [-0.39, 0.29) is 0 Å². The van der Waals surface area contributed by atoms with E-state index in [1.54, 1.807) is 0 Å². The van der Waals surface area contributed by atoms with Crippen LogP contribution in [-0.2, 0) is 6.54 Å². The van der Waals surface area contributed by atoms with E-state index in [1.165, 1.54) is 6.42 Å². The quantitative estimate of drug-likeness (QED) is 0.777. The molecule has 0 spiro atoms. The minimum atomic E-state index is 0.415. The molecule has 0 bridgehead atoms. The number of nitrogens with zero attached hydrogens (tertiary/aromatic N) is 2. The fourth-order valence-corrected chi connectivity index (χ4v) is 1.27. The highest BCUT2D eigenvalue weighted by molar-refractivity contribution is 5.23. The van der Waals surface area contributed by atoms with Gasteiger partial charge >= 0.3 is 0 Å². The Labute approximate surface area is 79.9 Å². The van der Waals surface area contributed by atoms with Gasteiger partial charge in [0.15, 0.2) is 0 Å². The molecule has 0 aliphatic heterocycles. The molecule has 3 nitrogen and oxygen atoms in total. The Morgan fingerprint density at radius 2 is 2.15 bits per heavy atom. The van der Waals surface area contributed by atoms with Crippen LogP contribution in [0.4, 0.5) is 5.82 Å². The predicted molar refractivity (Wildman–Crippen MR) is 55.3 cm³/mol. The molecule has 0 aliphatic carbocycles. The third-order valence-corrected chi connectivity index (χ3v) is 1.98. The lowest BCUT2D eigenvalue weighted by molar-refractivity contribution is 0.349. The Morgan fingerprint density at radius 3 is 2.62 bits per heavy atom. The van der Waals surface area contributed by atoms with Crippen LogP contribution in [0, 0.1) is 5.41 Å². The lowest BCUT2D eigenvalue weighted by atomic mass is 9.91. The van der Waals surface area contributed by atoms with Crippen molar-refractivity contribution in [1.82, 2.24) is 9.78 Å². The normalized spacial score (nSPS) is 11.9. The van der Waals surface area contributed by atoms with Gasteiger partial charge in [0.1, 0.15) is 5.82 Å². The number of anilines is 1. The maximum atomic E-state index is 5.50. The topological polar surface area (TPSA) is 43.8 Å². The molecule has 0 aromatic carbocycles. The Balaban J connectivity index is 2.28. The Hall–Kier alpha value is -0.990. The molecule has 0 radical (unpaired) electrons. The molecule has 1 aromatic heterocycles. The van der Waals surface area contributed by atoms with Gasteiger partial charge in [0.2, 0.25) is 0 Å². The summed E-state index contributed by atoms with van der Waals surface area (Å²) in [6.07, 6.45) is 4.30. The van der Waals surface area contributed by atoms with E-state index in [0.29, 0.717) is 11.2 Å². The SMILES string of the molecule is CC(C)(C)CCCn1ccc(N)n1. The lowest BCUT2D eigenvalue weighted by Crippen LogP contribution is -2.07. The third-order valence-electron chi connectivity index (χ3n) is 1.98. The number of aryl methyl sites for hydroxylation is 1. The smallest absolute Gasteiger partial charge is 0.145 e. The molecule has 0 fully saturated rings. The first-order valence-corrected chi connectivity index (χ1v) is 4.76. The van der Waals surface area contributed by atoms with E-state index in [1.807, 2.05) is 16.9 Å². The maximum absolute atomic E-state index is 5.50. The molecule has 1 heterocycles. The number of nitrogens with two attached hydrogens (primary N) is 1. The molecular weight excluding hydrogens is 162 g/mol. The van der Waals surface area contributed by atoms with Crippen molar-refractivity contribution in [2.45, 2.75) is 40.2 Å². The van der Waals surface area contributed by atoms with Crippen LogP contribution in [0.1, 0.15) is 33.6 Å². The van der Waals surface area contributed by atoms with Gasteiger partial charge in [-0.1, -0.05) is 20.8 Å². The summed E-state index contributed by atoms with van der Waals surface area (Å²) in [5.74, 6) is 0.607. The second-order valence-electron chi connectivity index (χ2n) is 4.67. The van der Waals surface area contributed by atoms with Gasteiger partial charge < -0.3 is 5.73 Å². The van der Waals surface area contributed by atoms with E-state index >= 15 is 0 Å². The predicted octanol–water partition coefficient (Wildman–Crippen LogP) is 2.29. The summed E-state index contributed by atoms with van der Waals surface area (Å²) in [6, 6.07) is 1.83. The monoisotopic (exact) mass is 181 g/mol. The fraction of sp³-hybridized carbons (Fsp3) is 0.700. The highest BCUT2D eigenvalue weighted by atomic mass is 15.3. The minimum Gasteiger partial charge on any atom is -0.382 e. The zero-order chi connectivity index (χ0) is 9.90. The summed E-state index contributed by atoms with van der Waals surface area (Å²) in [5.41, 5.74) is 5.92. The van der Waals surface area contributed by atoms with Crippen LogP contribution in [0.3, 0.4) is 0 Å². The summed E-state index contributed by atoms with van der Waals surface area (Å²) >= 11 is 0. The number of hydrogen-bond acceptors (Lipinski definition) is 2. The van der Waals surface area contributed by atoms with Crippen molar-refractivity contribution in [3.63, 3.8) is 0 Å². The van der Waals surface area contributed by atoms with Crippen molar-refractivity contribution in [2.24, 2.45) is 5.41 Å². The third kappa shape index (κ3) is 3.97. The molecule has 0 atom stereocenters. The van der Waals surface area contributed by atoms with Crippen LogP contribution in [0.2, 0.25) is 0 Å². The van der Waals surface area contributed by atoms with E-state index in [4.69, 9.17) is 5.73 Å². The summed E-state index contributed by atoms with van der Waals surface area (Å²) in [6.45, 7) is 7.73. The van der Waals surface area contributed by atoms with Crippen LogP contribution in [0.25, 0.3) is 0 Å². The summed E-state index contributed by atoms with van der Waals surface area (Å²) in [5, 5.41) is 4.12. The van der Waals surface area contributed by atoms with Crippen LogP contribution >= 0.6 is 0 Å². The molecule has 2 N–H and O–H groups in total. The van der Waals surface area contributed by atoms with E-state index in [0.717, 1.165) is 13.0 Å². The van der Waals surface area contributed by atoms with Crippen LogP contribution in [0.5, 0.6) is 0 Å². The summed E-state index contributed by atoms with van der Waals surface area (Å²) in [4.78, 5) is 0. The van der Waals surface area contributed by atoms with Crippen molar-refractivity contribution in [2.75, 3.05) is 5.73 Å². The Bertz CT molecular complexity index is 257. The highest BCUT2D eigenvalue weighted by Crippen LogP contribution is 2.20. The molecule has 13 heavy (non-hydrogen) atoms. The summed E-state index contributed by atoms with van der Waals surface area (Å²) in [7, 11) is 0. The first kappa shape index (κ1) is 10.1. The minimum absolute atomic E-state index is 0.415. The van der Waals surface area contributed by atoms with Gasteiger partial charge in [0, 0.05) is 12.7 Å². The van der Waals surface area contributed by atoms with Gasteiger partial charge in [0.25, 0.3) is 0 Å². The van der Waals surface area contributed by atoms with Crippen molar-refractivity contribution in [3.8, 4) is 0 Å². The van der Waals surface area contributed by atoms with Crippen LogP contribution in [0.15, 0.2) is 12.3 Å². The molecular formula is C10H19N3. The molecule has 1 aromatic rings. The fourth-order valence-electron chi connectivity index (χ4n) is 1.27. The first-order valence-electron chi connectivity index (χ1n) is 4.76. The zero-order valence-corrected chi connectivity index (χ0v) is 8.75. The van der Waals surface area contributed by atoms with Gasteiger partial charge in [0.05, 0.1) is 0 Å². The van der Waals surface area contributed by atoms with Crippen molar-refractivity contribution in [1.29, 1.82) is 0 Å². The first-order chi connectivity index (χ1) is 5.97. The maximum Gasteiger partial charge on any atom is 0.145 e. The van der Waals surface area contributed by atoms with Crippen molar-refractivity contribution < 1.29 is 0 Å². The highest BCUT2D eigenvalue weighted by Gasteiger charge is 2.09. The standard InChI is InChI=1S/C10H19N3/c1-10(2,3)6-4-7-13-8-5-9(11)12-13/h5,8H,4,6-7H2,1-3H3,(H2,11,12). The molecule has 0 unspecified atom stereocenters. The van der Waals surface area contributed by atoms with Gasteiger partial charge in [-0.15, -0.1) is 0 Å². The average Bonchev–Trinajstić information content (AvgIpc) is 2.33.